The number of carbonyl (C=O) groups excluding carboxylic acids is 2. The van der Waals surface area contributed by atoms with Gasteiger partial charge in [0.1, 0.15) is 11.5 Å². The van der Waals surface area contributed by atoms with Crippen LogP contribution in [0.5, 0.6) is 34.5 Å². The first kappa shape index (κ1) is 36.4. The summed E-state index contributed by atoms with van der Waals surface area (Å²) in [5.41, 5.74) is 7.57. The van der Waals surface area contributed by atoms with Crippen molar-refractivity contribution in [2.75, 3.05) is 0 Å². The van der Waals surface area contributed by atoms with E-state index in [4.69, 9.17) is 0 Å². The average Bonchev–Trinajstić information content (AvgIpc) is 3.07. The molecule has 8 N–H and O–H groups in total. The highest BCUT2D eigenvalue weighted by molar-refractivity contribution is 6.16. The van der Waals surface area contributed by atoms with Crippen molar-refractivity contribution in [2.45, 2.75) is 61.6 Å². The van der Waals surface area contributed by atoms with E-state index in [0.29, 0.717) is 11.1 Å². The van der Waals surface area contributed by atoms with Gasteiger partial charge in [-0.15, -0.1) is 0 Å². The first-order chi connectivity index (χ1) is 25.0. The van der Waals surface area contributed by atoms with E-state index in [1.54, 1.807) is 26.0 Å². The van der Waals surface area contributed by atoms with Gasteiger partial charge in [-0.1, -0.05) is 41.5 Å². The van der Waals surface area contributed by atoms with Crippen LogP contribution in [0.15, 0.2) is 54.6 Å². The molecule has 0 aromatic heterocycles. The van der Waals surface area contributed by atoms with Crippen LogP contribution in [-0.4, -0.2) is 42.5 Å². The fraction of sp³-hybridized carbons (Fsp3) is 0.209. The lowest BCUT2D eigenvalue weighted by molar-refractivity contribution is 0.0941. The smallest absolute Gasteiger partial charge is 0.256 e. The summed E-state index contributed by atoms with van der Waals surface area (Å²) >= 11 is 0. The number of aromatic hydroxyl groups is 6. The molecule has 0 atom stereocenters. The third kappa shape index (κ3) is 6.37. The van der Waals surface area contributed by atoms with Gasteiger partial charge in [-0.2, -0.15) is 0 Å². The van der Waals surface area contributed by atoms with Crippen molar-refractivity contribution in [3.63, 3.8) is 0 Å². The number of rotatable bonds is 7. The Balaban J connectivity index is 1.44. The monoisotopic (exact) mass is 714 g/mol. The number of phenols is 6. The van der Waals surface area contributed by atoms with E-state index in [9.17, 15) is 40.2 Å². The first-order valence-electron chi connectivity index (χ1n) is 17.1. The van der Waals surface area contributed by atoms with Gasteiger partial charge < -0.3 is 41.3 Å². The number of benzene rings is 6. The number of hydrogen-bond donors (Lipinski definition) is 8. The Hall–Kier alpha value is -6.42. The van der Waals surface area contributed by atoms with Crippen molar-refractivity contribution in [2.24, 2.45) is 0 Å². The van der Waals surface area contributed by atoms with Gasteiger partial charge in [0.25, 0.3) is 11.8 Å². The molecule has 0 saturated heterocycles. The molecule has 6 aromatic rings. The van der Waals surface area contributed by atoms with Crippen LogP contribution in [0.3, 0.4) is 0 Å². The van der Waals surface area contributed by atoms with Gasteiger partial charge in [-0.3, -0.25) is 9.59 Å². The average molecular weight is 715 g/mol. The molecule has 0 aliphatic rings. The Morgan fingerprint density at radius 1 is 0.472 bits per heavy atom. The van der Waals surface area contributed by atoms with Gasteiger partial charge >= 0.3 is 0 Å². The second-order valence-electron chi connectivity index (χ2n) is 13.9. The molecule has 6 rings (SSSR count). The molecule has 0 aliphatic heterocycles. The molecule has 10 nitrogen and oxygen atoms in total. The molecule has 53 heavy (non-hydrogen) atoms. The number of aryl methyl sites for hydroxylation is 7. The van der Waals surface area contributed by atoms with Crippen LogP contribution in [0, 0.1) is 48.5 Å². The van der Waals surface area contributed by atoms with E-state index in [2.05, 4.69) is 10.6 Å². The van der Waals surface area contributed by atoms with Crippen molar-refractivity contribution >= 4 is 33.4 Å². The summed E-state index contributed by atoms with van der Waals surface area (Å²) in [4.78, 5) is 27.2. The van der Waals surface area contributed by atoms with E-state index in [0.717, 1.165) is 51.1 Å². The van der Waals surface area contributed by atoms with Crippen LogP contribution >= 0.6 is 0 Å². The molecule has 0 saturated carbocycles. The quantitative estimate of drug-likeness (QED) is 0.0769. The Labute approximate surface area is 306 Å². The fourth-order valence-corrected chi connectivity index (χ4v) is 7.40. The number of carbonyl (C=O) groups is 2. The van der Waals surface area contributed by atoms with Gasteiger partial charge in [0.05, 0.1) is 11.1 Å². The number of hydrogen-bond acceptors (Lipinski definition) is 8. The minimum absolute atomic E-state index is 0.0341. The summed E-state index contributed by atoms with van der Waals surface area (Å²) in [6, 6.07) is 15.3. The van der Waals surface area contributed by atoms with E-state index < -0.39 is 34.8 Å². The van der Waals surface area contributed by atoms with Gasteiger partial charge in [-0.25, -0.2) is 0 Å². The largest absolute Gasteiger partial charge is 0.507 e. The highest BCUT2D eigenvalue weighted by Crippen LogP contribution is 2.51. The summed E-state index contributed by atoms with van der Waals surface area (Å²) in [6.45, 7) is 13.4. The minimum Gasteiger partial charge on any atom is -0.507 e. The normalized spacial score (nSPS) is 11.3. The van der Waals surface area contributed by atoms with Crippen molar-refractivity contribution in [3.05, 3.63) is 116 Å². The zero-order chi connectivity index (χ0) is 38.6. The topological polar surface area (TPSA) is 180 Å². The van der Waals surface area contributed by atoms with Crippen molar-refractivity contribution in [1.82, 2.24) is 10.6 Å². The zero-order valence-corrected chi connectivity index (χ0v) is 30.6. The Morgan fingerprint density at radius 3 is 1.36 bits per heavy atom. The maximum absolute atomic E-state index is 13.6. The van der Waals surface area contributed by atoms with Crippen LogP contribution in [0.25, 0.3) is 32.7 Å². The summed E-state index contributed by atoms with van der Waals surface area (Å²) in [5.74, 6) is -4.69. The maximum Gasteiger partial charge on any atom is 0.256 e. The highest BCUT2D eigenvalue weighted by Gasteiger charge is 2.28. The molecule has 2 amide bonds. The lowest BCUT2D eigenvalue weighted by Crippen LogP contribution is -2.24. The fourth-order valence-electron chi connectivity index (χ4n) is 7.40. The van der Waals surface area contributed by atoms with Crippen LogP contribution < -0.4 is 10.6 Å². The minimum atomic E-state index is -0.673. The molecule has 0 fully saturated rings. The molecule has 0 heterocycles. The molecule has 0 radical (unpaired) electrons. The predicted molar refractivity (Wildman–Crippen MR) is 205 cm³/mol. The molecule has 0 unspecified atom stereocenters. The molecular formula is C43H42N2O8. The van der Waals surface area contributed by atoms with Crippen LogP contribution in [-0.2, 0) is 13.1 Å². The van der Waals surface area contributed by atoms with Crippen LogP contribution in [0.4, 0.5) is 0 Å². The second kappa shape index (κ2) is 13.6. The van der Waals surface area contributed by atoms with Crippen molar-refractivity contribution < 1.29 is 40.2 Å². The number of nitrogens with one attached hydrogen (secondary N) is 2. The SMILES string of the molecule is Cc1ccc(CNC(=O)c2c(O)c(O)cc3c(O)c(-c4c(C)cc5c(C(=O)NCc6c(C)cc(C)cc6C)c(O)c(O)cc5c4O)c(C)cc23)c(C)c1. The number of amides is 2. The van der Waals surface area contributed by atoms with Crippen molar-refractivity contribution in [1.29, 1.82) is 0 Å². The maximum atomic E-state index is 13.6. The van der Waals surface area contributed by atoms with Crippen LogP contribution in [0.1, 0.15) is 70.8 Å². The van der Waals surface area contributed by atoms with E-state index in [-0.39, 0.29) is 68.4 Å². The molecule has 6 aromatic carbocycles. The molecule has 0 bridgehead atoms. The van der Waals surface area contributed by atoms with Crippen molar-refractivity contribution in [3.8, 4) is 45.6 Å². The molecule has 272 valence electrons. The highest BCUT2D eigenvalue weighted by atomic mass is 16.3. The van der Waals surface area contributed by atoms with Crippen LogP contribution in [0.2, 0.25) is 0 Å². The Kier molecular flexibility index (Phi) is 9.34. The molecule has 0 spiro atoms. The Morgan fingerprint density at radius 2 is 0.906 bits per heavy atom. The summed E-state index contributed by atoms with van der Waals surface area (Å²) in [6.07, 6.45) is 0. The third-order valence-electron chi connectivity index (χ3n) is 10.0. The molecule has 10 heteroatoms. The third-order valence-corrected chi connectivity index (χ3v) is 10.0. The summed E-state index contributed by atoms with van der Waals surface area (Å²) < 4.78 is 0. The molecule has 0 aliphatic carbocycles. The summed E-state index contributed by atoms with van der Waals surface area (Å²) in [7, 11) is 0. The molecular weight excluding hydrogens is 672 g/mol. The predicted octanol–water partition coefficient (Wildman–Crippen LogP) is 7.91. The van der Waals surface area contributed by atoms with E-state index >= 15 is 0 Å². The second-order valence-corrected chi connectivity index (χ2v) is 13.9. The number of fused-ring (bicyclic) bond motifs is 2. The lowest BCUT2D eigenvalue weighted by Gasteiger charge is -2.20. The Bertz CT molecular complexity index is 2510. The van der Waals surface area contributed by atoms with Gasteiger partial charge in [0.2, 0.25) is 0 Å². The van der Waals surface area contributed by atoms with Gasteiger partial charge in [0.15, 0.2) is 23.0 Å². The van der Waals surface area contributed by atoms with Gasteiger partial charge in [0, 0.05) is 45.8 Å². The van der Waals surface area contributed by atoms with E-state index in [1.165, 1.54) is 0 Å². The lowest BCUT2D eigenvalue weighted by atomic mass is 9.87. The zero-order valence-electron chi connectivity index (χ0n) is 30.6. The van der Waals surface area contributed by atoms with Gasteiger partial charge in [-0.05, 0) is 112 Å². The summed E-state index contributed by atoms with van der Waals surface area (Å²) in [5, 5.41) is 72.9. The number of phenolic OH excluding ortho intramolecular Hbond substituents is 6. The first-order valence-corrected chi connectivity index (χ1v) is 17.1. The standard InChI is InChI=1S/C43H42N2O8/c1-19-8-9-26(21(3)10-19)17-44-42(52)36-27-13-24(6)34(38(48)29(27)15-32(46)40(36)50)35-25(7)14-28-30(39(35)49)16-33(47)41(51)37(28)43(53)45-18-31-22(4)11-20(2)12-23(31)5/h8-16,46-51H,17-18H2,1-7H3,(H,44,52)(H,45,53). The van der Waals surface area contributed by atoms with E-state index in [1.807, 2.05) is 65.0 Å².